The topological polar surface area (TPSA) is 72.0 Å². The summed E-state index contributed by atoms with van der Waals surface area (Å²) in [5.41, 5.74) is 2.52. The maximum absolute atomic E-state index is 11.7. The number of hydrogen-bond acceptors (Lipinski definition) is 3. The Morgan fingerprint density at radius 1 is 1.13 bits per heavy atom. The van der Waals surface area contributed by atoms with Crippen LogP contribution in [0, 0.1) is 11.8 Å². The number of benzene rings is 1. The highest BCUT2D eigenvalue weighted by Crippen LogP contribution is 2.19. The van der Waals surface area contributed by atoms with Crippen LogP contribution >= 0.6 is 0 Å². The van der Waals surface area contributed by atoms with Crippen LogP contribution in [0.15, 0.2) is 24.3 Å². The van der Waals surface area contributed by atoms with E-state index in [0.717, 1.165) is 6.42 Å². The number of nitrogens with two attached hydrogens (primary N) is 1. The van der Waals surface area contributed by atoms with Crippen LogP contribution in [0.2, 0.25) is 0 Å². The molecule has 0 aliphatic heterocycles. The third kappa shape index (κ3) is 6.82. The number of carbonyl (C=O) groups excluding carboxylic acids is 2. The second-order valence-electron chi connectivity index (χ2n) is 6.59. The summed E-state index contributed by atoms with van der Waals surface area (Å²) in [6, 6.07) is 8.76. The molecule has 23 heavy (non-hydrogen) atoms. The highest BCUT2D eigenvalue weighted by atomic mass is 16.5. The van der Waals surface area contributed by atoms with Gasteiger partial charge in [0.2, 0.25) is 0 Å². The molecular formula is C18H29N2O3+. The molecule has 1 aromatic rings. The predicted octanol–water partition coefficient (Wildman–Crippen LogP) is 2.03. The molecule has 3 N–H and O–H groups in total. The maximum Gasteiger partial charge on any atom is 0.413 e. The molecule has 0 bridgehead atoms. The first kappa shape index (κ1) is 19.2. The molecule has 1 aromatic carbocycles. The van der Waals surface area contributed by atoms with Gasteiger partial charge in [-0.1, -0.05) is 52.0 Å². The van der Waals surface area contributed by atoms with Gasteiger partial charge in [0.05, 0.1) is 7.11 Å². The van der Waals surface area contributed by atoms with Gasteiger partial charge in [-0.25, -0.2) is 4.79 Å². The lowest BCUT2D eigenvalue weighted by Gasteiger charge is -2.20. The van der Waals surface area contributed by atoms with Crippen molar-refractivity contribution in [1.82, 2.24) is 5.32 Å². The zero-order chi connectivity index (χ0) is 17.4. The van der Waals surface area contributed by atoms with Crippen molar-refractivity contribution in [3.8, 4) is 0 Å². The molecule has 0 aliphatic carbocycles. The number of hydrogen-bond donors (Lipinski definition) is 2. The molecular weight excluding hydrogens is 292 g/mol. The van der Waals surface area contributed by atoms with E-state index in [9.17, 15) is 9.59 Å². The van der Waals surface area contributed by atoms with E-state index < -0.39 is 6.09 Å². The molecule has 1 atom stereocenters. The van der Waals surface area contributed by atoms with Crippen molar-refractivity contribution >= 4 is 12.0 Å². The Kier molecular flexibility index (Phi) is 7.75. The maximum atomic E-state index is 11.7. The fourth-order valence-electron chi connectivity index (χ4n) is 2.59. The number of ether oxygens (including phenoxy) is 1. The highest BCUT2D eigenvalue weighted by Gasteiger charge is 2.21. The normalized spacial score (nSPS) is 12.3. The molecule has 0 saturated carbocycles. The molecule has 5 nitrogen and oxygen atoms in total. The van der Waals surface area contributed by atoms with Crippen LogP contribution in [0.4, 0.5) is 4.79 Å². The summed E-state index contributed by atoms with van der Waals surface area (Å²) in [5.74, 6) is 0.658. The molecule has 0 heterocycles. The number of amides is 2. The minimum absolute atomic E-state index is 0.173. The number of imide groups is 1. The summed E-state index contributed by atoms with van der Waals surface area (Å²) >= 11 is 0. The monoisotopic (exact) mass is 321 g/mol. The van der Waals surface area contributed by atoms with Crippen molar-refractivity contribution < 1.29 is 19.6 Å². The number of alkyl carbamates (subject to hydrolysis) is 1. The molecule has 0 fully saturated rings. The molecule has 0 unspecified atom stereocenters. The van der Waals surface area contributed by atoms with E-state index in [0.29, 0.717) is 11.8 Å². The molecule has 0 saturated heterocycles. The Hall–Kier alpha value is -1.88. The number of nitrogens with one attached hydrogen (secondary N) is 1. The Labute approximate surface area is 138 Å². The second kappa shape index (κ2) is 9.30. The quantitative estimate of drug-likeness (QED) is 0.807. The van der Waals surface area contributed by atoms with Crippen LogP contribution in [-0.4, -0.2) is 25.7 Å². The van der Waals surface area contributed by atoms with Crippen molar-refractivity contribution in [3.05, 3.63) is 35.4 Å². The van der Waals surface area contributed by atoms with E-state index >= 15 is 0 Å². The summed E-state index contributed by atoms with van der Waals surface area (Å²) in [6.07, 6.45) is 0.347. The Bertz CT molecular complexity index is 510. The standard InChI is InChI=1S/C18H28N2O3/c1-12(2)10-14-6-8-15(9-7-14)17(13(3)4)19-11-16(21)20-18(22)23-5/h6-9,12-13,17,19H,10-11H2,1-5H3,(H,20,21,22)/p+1/t17-/m0/s1. The summed E-state index contributed by atoms with van der Waals surface area (Å²) < 4.78 is 4.42. The molecule has 0 spiro atoms. The van der Waals surface area contributed by atoms with E-state index in [1.54, 1.807) is 0 Å². The molecule has 2 amide bonds. The van der Waals surface area contributed by atoms with Crippen LogP contribution < -0.4 is 10.6 Å². The van der Waals surface area contributed by atoms with E-state index in [-0.39, 0.29) is 18.5 Å². The van der Waals surface area contributed by atoms with Gasteiger partial charge in [0.15, 0.2) is 6.54 Å². The lowest BCUT2D eigenvalue weighted by atomic mass is 9.94. The Morgan fingerprint density at radius 2 is 1.74 bits per heavy atom. The lowest BCUT2D eigenvalue weighted by molar-refractivity contribution is -0.692. The fourth-order valence-corrected chi connectivity index (χ4v) is 2.59. The first-order valence-corrected chi connectivity index (χ1v) is 8.13. The largest absolute Gasteiger partial charge is 0.453 e. The zero-order valence-corrected chi connectivity index (χ0v) is 14.8. The van der Waals surface area contributed by atoms with Gasteiger partial charge in [0, 0.05) is 11.5 Å². The van der Waals surface area contributed by atoms with Crippen LogP contribution in [0.1, 0.15) is 44.9 Å². The van der Waals surface area contributed by atoms with Crippen molar-refractivity contribution in [3.63, 3.8) is 0 Å². The SMILES string of the molecule is COC(=O)NC(=O)C[NH2+][C@H](c1ccc(CC(C)C)cc1)C(C)C. The number of quaternary nitrogens is 1. The van der Waals surface area contributed by atoms with E-state index in [2.05, 4.69) is 62.0 Å². The third-order valence-electron chi connectivity index (χ3n) is 3.71. The van der Waals surface area contributed by atoms with Crippen molar-refractivity contribution in [2.45, 2.75) is 40.2 Å². The van der Waals surface area contributed by atoms with Gasteiger partial charge in [0.25, 0.3) is 5.91 Å². The summed E-state index contributed by atoms with van der Waals surface area (Å²) in [7, 11) is 1.24. The van der Waals surface area contributed by atoms with Crippen LogP contribution in [0.3, 0.4) is 0 Å². The van der Waals surface area contributed by atoms with Crippen LogP contribution in [0.5, 0.6) is 0 Å². The zero-order valence-electron chi connectivity index (χ0n) is 14.8. The van der Waals surface area contributed by atoms with Crippen molar-refractivity contribution in [1.29, 1.82) is 0 Å². The number of rotatable bonds is 7. The van der Waals surface area contributed by atoms with E-state index in [4.69, 9.17) is 0 Å². The number of carbonyl (C=O) groups is 2. The fraction of sp³-hybridized carbons (Fsp3) is 0.556. The molecule has 0 aliphatic rings. The van der Waals surface area contributed by atoms with Gasteiger partial charge < -0.3 is 10.1 Å². The van der Waals surface area contributed by atoms with Gasteiger partial charge in [-0.05, 0) is 17.9 Å². The average Bonchev–Trinajstić information content (AvgIpc) is 2.48. The Morgan fingerprint density at radius 3 is 2.22 bits per heavy atom. The molecule has 0 aromatic heterocycles. The van der Waals surface area contributed by atoms with E-state index in [1.807, 2.05) is 5.32 Å². The Balaban J connectivity index is 2.67. The second-order valence-corrected chi connectivity index (χ2v) is 6.59. The van der Waals surface area contributed by atoms with Gasteiger partial charge in [0.1, 0.15) is 6.04 Å². The minimum Gasteiger partial charge on any atom is -0.453 e. The lowest BCUT2D eigenvalue weighted by Crippen LogP contribution is -2.88. The van der Waals surface area contributed by atoms with Gasteiger partial charge in [-0.15, -0.1) is 0 Å². The first-order valence-electron chi connectivity index (χ1n) is 8.13. The third-order valence-corrected chi connectivity index (χ3v) is 3.71. The van der Waals surface area contributed by atoms with Gasteiger partial charge >= 0.3 is 6.09 Å². The number of methoxy groups -OCH3 is 1. The van der Waals surface area contributed by atoms with Gasteiger partial charge in [-0.3, -0.25) is 10.1 Å². The van der Waals surface area contributed by atoms with Gasteiger partial charge in [-0.2, -0.15) is 0 Å². The molecule has 1 rings (SSSR count). The first-order chi connectivity index (χ1) is 10.8. The summed E-state index contributed by atoms with van der Waals surface area (Å²) in [6.45, 7) is 8.85. The molecule has 5 heteroatoms. The smallest absolute Gasteiger partial charge is 0.413 e. The van der Waals surface area contributed by atoms with Crippen LogP contribution in [-0.2, 0) is 16.0 Å². The highest BCUT2D eigenvalue weighted by molar-refractivity contribution is 5.92. The summed E-state index contributed by atoms with van der Waals surface area (Å²) in [4.78, 5) is 22.7. The van der Waals surface area contributed by atoms with E-state index in [1.165, 1.54) is 18.2 Å². The summed E-state index contributed by atoms with van der Waals surface area (Å²) in [5, 5.41) is 4.13. The van der Waals surface area contributed by atoms with Crippen molar-refractivity contribution in [2.75, 3.05) is 13.7 Å². The minimum atomic E-state index is -0.720. The average molecular weight is 321 g/mol. The van der Waals surface area contributed by atoms with Crippen molar-refractivity contribution in [2.24, 2.45) is 11.8 Å². The molecule has 128 valence electrons. The van der Waals surface area contributed by atoms with Crippen LogP contribution in [0.25, 0.3) is 0 Å². The predicted molar refractivity (Wildman–Crippen MR) is 89.9 cm³/mol. The molecule has 0 radical (unpaired) electrons.